The number of hydrogen-bond acceptors (Lipinski definition) is 1. The minimum atomic E-state index is 0. The molecule has 0 saturated carbocycles. The first kappa shape index (κ1) is 6.89. The summed E-state index contributed by atoms with van der Waals surface area (Å²) in [6, 6.07) is 4.04. The molecule has 2 heteroatoms. The van der Waals surface area contributed by atoms with Crippen molar-refractivity contribution in [2.75, 3.05) is 0 Å². The predicted molar refractivity (Wildman–Crippen MR) is 24.3 cm³/mol. The van der Waals surface area contributed by atoms with Crippen LogP contribution in [0.15, 0.2) is 22.9 Å². The summed E-state index contributed by atoms with van der Waals surface area (Å²) in [4.78, 5) is 0. The Kier molecular flexibility index (Phi) is 4.67. The fourth-order valence-corrected chi connectivity index (χ4v) is 0.680. The largest absolute Gasteiger partial charge is 0.152 e. The Morgan fingerprint density at radius 1 is 1.00 bits per heavy atom. The van der Waals surface area contributed by atoms with Crippen LogP contribution in [-0.4, -0.2) is 0 Å². The second-order valence-electron chi connectivity index (χ2n) is 0.793. The van der Waals surface area contributed by atoms with E-state index in [1.807, 2.05) is 22.9 Å². The Bertz CT molecular complexity index is 64.0. The van der Waals surface area contributed by atoms with Crippen LogP contribution in [0.1, 0.15) is 0 Å². The van der Waals surface area contributed by atoms with Crippen molar-refractivity contribution in [1.29, 1.82) is 0 Å². The maximum absolute atomic E-state index is 2.04. The van der Waals surface area contributed by atoms with Crippen LogP contribution in [0.3, 0.4) is 0 Å². The molecule has 29 valence electrons. The average Bonchev–Trinajstić information content (AvgIpc) is 1.76. The molecule has 0 aromatic carbocycles. The molecule has 1 radical (unpaired) electrons. The molecule has 0 amide bonds. The van der Waals surface area contributed by atoms with Crippen LogP contribution in [0, 0.1) is 35.6 Å². The van der Waals surface area contributed by atoms with E-state index in [0.717, 1.165) is 0 Å². The van der Waals surface area contributed by atoms with Gasteiger partial charge in [-0.2, -0.15) is 11.3 Å². The number of rotatable bonds is 0. The maximum atomic E-state index is 2.04. The molecule has 0 saturated heterocycles. The van der Waals surface area contributed by atoms with Crippen molar-refractivity contribution >= 4 is 11.3 Å². The minimum absolute atomic E-state index is 0. The van der Waals surface area contributed by atoms with E-state index in [9.17, 15) is 0 Å². The van der Waals surface area contributed by atoms with Crippen LogP contribution < -0.4 is 0 Å². The third-order valence-electron chi connectivity index (χ3n) is 0.425. The molecular formula is C4H4LaS. The molecule has 0 aliphatic heterocycles. The molecule has 1 rings (SSSR count). The summed E-state index contributed by atoms with van der Waals surface area (Å²) in [5.74, 6) is 0. The quantitative estimate of drug-likeness (QED) is 0.628. The molecule has 0 nitrogen and oxygen atoms in total. The van der Waals surface area contributed by atoms with Crippen molar-refractivity contribution in [3.8, 4) is 0 Å². The van der Waals surface area contributed by atoms with Crippen molar-refractivity contribution in [3.63, 3.8) is 0 Å². The van der Waals surface area contributed by atoms with Crippen LogP contribution >= 0.6 is 11.3 Å². The van der Waals surface area contributed by atoms with Gasteiger partial charge >= 0.3 is 0 Å². The first-order chi connectivity index (χ1) is 2.50. The zero-order chi connectivity index (χ0) is 3.54. The Labute approximate surface area is 69.2 Å². The number of hydrogen-bond donors (Lipinski definition) is 0. The Morgan fingerprint density at radius 3 is 1.67 bits per heavy atom. The molecule has 0 N–H and O–H groups in total. The summed E-state index contributed by atoms with van der Waals surface area (Å²) in [5.41, 5.74) is 0. The van der Waals surface area contributed by atoms with Gasteiger partial charge in [0, 0.05) is 35.6 Å². The Morgan fingerprint density at radius 2 is 1.50 bits per heavy atom. The van der Waals surface area contributed by atoms with Crippen LogP contribution in [0.2, 0.25) is 0 Å². The van der Waals surface area contributed by atoms with Gasteiger partial charge in [0.15, 0.2) is 0 Å². The molecule has 0 atom stereocenters. The zero-order valence-corrected chi connectivity index (χ0v) is 7.74. The van der Waals surface area contributed by atoms with E-state index in [-0.39, 0.29) is 35.6 Å². The standard InChI is InChI=1S/C4H4S.La/c1-2-4-5-3-1;/h1-4H;. The van der Waals surface area contributed by atoms with Crippen molar-refractivity contribution in [1.82, 2.24) is 0 Å². The van der Waals surface area contributed by atoms with Gasteiger partial charge in [0.2, 0.25) is 0 Å². The first-order valence-electron chi connectivity index (χ1n) is 1.47. The molecule has 1 aromatic rings. The molecule has 0 aliphatic carbocycles. The molecule has 0 unspecified atom stereocenters. The minimum Gasteiger partial charge on any atom is -0.152 e. The van der Waals surface area contributed by atoms with Crippen LogP contribution in [0.4, 0.5) is 0 Å². The molecule has 1 aromatic heterocycles. The predicted octanol–water partition coefficient (Wildman–Crippen LogP) is 1.75. The van der Waals surface area contributed by atoms with Gasteiger partial charge in [-0.25, -0.2) is 0 Å². The topological polar surface area (TPSA) is 0 Å². The van der Waals surface area contributed by atoms with Gasteiger partial charge in [0.05, 0.1) is 0 Å². The van der Waals surface area contributed by atoms with Gasteiger partial charge in [-0.05, 0) is 10.8 Å². The van der Waals surface area contributed by atoms with Gasteiger partial charge in [-0.15, -0.1) is 0 Å². The molecule has 0 spiro atoms. The van der Waals surface area contributed by atoms with Gasteiger partial charge in [-0.1, -0.05) is 12.1 Å². The smallest absolute Gasteiger partial charge is 0 e. The van der Waals surface area contributed by atoms with Crippen molar-refractivity contribution in [2.24, 2.45) is 0 Å². The van der Waals surface area contributed by atoms with Gasteiger partial charge < -0.3 is 0 Å². The molecule has 6 heavy (non-hydrogen) atoms. The van der Waals surface area contributed by atoms with E-state index in [1.165, 1.54) is 0 Å². The second kappa shape index (κ2) is 4.06. The Balaban J connectivity index is 0.000000250. The maximum Gasteiger partial charge on any atom is 0 e. The SMILES string of the molecule is [La].c1ccsc1. The molecule has 0 aliphatic rings. The van der Waals surface area contributed by atoms with Crippen molar-refractivity contribution in [3.05, 3.63) is 22.9 Å². The summed E-state index contributed by atoms with van der Waals surface area (Å²) >= 11 is 1.71. The van der Waals surface area contributed by atoms with E-state index >= 15 is 0 Å². The van der Waals surface area contributed by atoms with Gasteiger partial charge in [-0.3, -0.25) is 0 Å². The van der Waals surface area contributed by atoms with Crippen LogP contribution in [-0.2, 0) is 0 Å². The van der Waals surface area contributed by atoms with Gasteiger partial charge in [0.25, 0.3) is 0 Å². The summed E-state index contributed by atoms with van der Waals surface area (Å²) in [6.07, 6.45) is 0. The average molecular weight is 223 g/mol. The summed E-state index contributed by atoms with van der Waals surface area (Å²) < 4.78 is 0. The fourth-order valence-electron chi connectivity index (χ4n) is 0.227. The third-order valence-corrected chi connectivity index (χ3v) is 1.05. The molecular weight excluding hydrogens is 219 g/mol. The normalized spacial score (nSPS) is 6.67. The van der Waals surface area contributed by atoms with E-state index in [0.29, 0.717) is 0 Å². The molecule has 0 bridgehead atoms. The first-order valence-corrected chi connectivity index (χ1v) is 2.41. The van der Waals surface area contributed by atoms with E-state index in [4.69, 9.17) is 0 Å². The number of thiophene rings is 1. The zero-order valence-electron chi connectivity index (χ0n) is 3.29. The van der Waals surface area contributed by atoms with Crippen molar-refractivity contribution in [2.45, 2.75) is 0 Å². The molecule has 1 heterocycles. The summed E-state index contributed by atoms with van der Waals surface area (Å²) in [5, 5.41) is 4.08. The van der Waals surface area contributed by atoms with Gasteiger partial charge in [0.1, 0.15) is 0 Å². The van der Waals surface area contributed by atoms with E-state index < -0.39 is 0 Å². The monoisotopic (exact) mass is 223 g/mol. The third kappa shape index (κ3) is 2.14. The molecule has 0 fully saturated rings. The van der Waals surface area contributed by atoms with E-state index in [1.54, 1.807) is 11.3 Å². The second-order valence-corrected chi connectivity index (χ2v) is 1.61. The van der Waals surface area contributed by atoms with Crippen LogP contribution in [0.25, 0.3) is 0 Å². The summed E-state index contributed by atoms with van der Waals surface area (Å²) in [7, 11) is 0. The summed E-state index contributed by atoms with van der Waals surface area (Å²) in [6.45, 7) is 0. The fraction of sp³-hybridized carbons (Fsp3) is 0. The van der Waals surface area contributed by atoms with Crippen molar-refractivity contribution < 1.29 is 35.6 Å². The van der Waals surface area contributed by atoms with Crippen LogP contribution in [0.5, 0.6) is 0 Å². The Hall–Kier alpha value is 0.895. The van der Waals surface area contributed by atoms with E-state index in [2.05, 4.69) is 0 Å².